The van der Waals surface area contributed by atoms with Crippen LogP contribution in [0.2, 0.25) is 0 Å². The number of methoxy groups -OCH3 is 1. The predicted molar refractivity (Wildman–Crippen MR) is 91.4 cm³/mol. The molecule has 0 atom stereocenters. The largest absolute Gasteiger partial charge is 0.497 e. The molecule has 2 N–H and O–H groups in total. The molecule has 1 aromatic carbocycles. The molecule has 0 spiro atoms. The quantitative estimate of drug-likeness (QED) is 0.819. The Bertz CT molecular complexity index is 777. The Morgan fingerprint density at radius 3 is 2.70 bits per heavy atom. The molecular weight excluding hydrogens is 314 g/mol. The molecular formula is C17H17NO4S. The average Bonchev–Trinajstić information content (AvgIpc) is 2.79. The van der Waals surface area contributed by atoms with Crippen LogP contribution in [0.15, 0.2) is 30.3 Å². The molecule has 0 aliphatic rings. The lowest BCUT2D eigenvalue weighted by Crippen LogP contribution is -2.10. The van der Waals surface area contributed by atoms with Gasteiger partial charge in [0, 0.05) is 11.0 Å². The molecule has 1 heterocycles. The number of hydrogen-bond acceptors (Lipinski definition) is 4. The molecule has 0 saturated carbocycles. The minimum absolute atomic E-state index is 0.149. The SMILES string of the molecule is COc1cccc(/C=C/C(=O)Nc2sc(C)c(C)c2C(=O)O)c1. The number of ether oxygens (including phenoxy) is 1. The molecule has 1 amide bonds. The summed E-state index contributed by atoms with van der Waals surface area (Å²) in [5.41, 5.74) is 1.64. The first-order chi connectivity index (χ1) is 10.9. The van der Waals surface area contributed by atoms with Crippen LogP contribution in [-0.2, 0) is 4.79 Å². The molecule has 1 aromatic heterocycles. The highest BCUT2D eigenvalue weighted by Gasteiger charge is 2.19. The minimum Gasteiger partial charge on any atom is -0.497 e. The van der Waals surface area contributed by atoms with Gasteiger partial charge in [0.05, 0.1) is 12.7 Å². The number of carbonyl (C=O) groups excluding carboxylic acids is 1. The smallest absolute Gasteiger partial charge is 0.338 e. The second-order valence-electron chi connectivity index (χ2n) is 4.89. The number of aryl methyl sites for hydroxylation is 1. The summed E-state index contributed by atoms with van der Waals surface area (Å²) in [7, 11) is 1.57. The average molecular weight is 331 g/mol. The fourth-order valence-electron chi connectivity index (χ4n) is 2.04. The Morgan fingerprint density at radius 2 is 2.04 bits per heavy atom. The Kier molecular flexibility index (Phi) is 5.18. The highest BCUT2D eigenvalue weighted by Crippen LogP contribution is 2.32. The molecule has 0 aliphatic heterocycles. The number of aromatic carboxylic acids is 1. The van der Waals surface area contributed by atoms with Crippen LogP contribution in [0.4, 0.5) is 5.00 Å². The number of amides is 1. The number of thiophene rings is 1. The molecule has 0 radical (unpaired) electrons. The second-order valence-corrected chi connectivity index (χ2v) is 6.12. The van der Waals surface area contributed by atoms with Crippen LogP contribution in [0.1, 0.15) is 26.4 Å². The van der Waals surface area contributed by atoms with Gasteiger partial charge in [-0.3, -0.25) is 4.79 Å². The summed E-state index contributed by atoms with van der Waals surface area (Å²) in [6, 6.07) is 7.28. The molecule has 120 valence electrons. The number of anilines is 1. The van der Waals surface area contributed by atoms with E-state index in [-0.39, 0.29) is 11.5 Å². The van der Waals surface area contributed by atoms with E-state index in [0.717, 1.165) is 10.4 Å². The van der Waals surface area contributed by atoms with Crippen molar-refractivity contribution in [2.75, 3.05) is 12.4 Å². The summed E-state index contributed by atoms with van der Waals surface area (Å²) in [4.78, 5) is 24.2. The molecule has 0 bridgehead atoms. The number of hydrogen-bond donors (Lipinski definition) is 2. The van der Waals surface area contributed by atoms with Crippen molar-refractivity contribution in [2.24, 2.45) is 0 Å². The van der Waals surface area contributed by atoms with Crippen LogP contribution >= 0.6 is 11.3 Å². The molecule has 23 heavy (non-hydrogen) atoms. The summed E-state index contributed by atoms with van der Waals surface area (Å²) in [5.74, 6) is -0.722. The van der Waals surface area contributed by atoms with E-state index in [1.807, 2.05) is 25.1 Å². The zero-order valence-electron chi connectivity index (χ0n) is 13.0. The van der Waals surface area contributed by atoms with Gasteiger partial charge in [0.25, 0.3) is 0 Å². The summed E-state index contributed by atoms with van der Waals surface area (Å²) < 4.78 is 5.12. The van der Waals surface area contributed by atoms with E-state index in [1.165, 1.54) is 17.4 Å². The van der Waals surface area contributed by atoms with E-state index >= 15 is 0 Å². The van der Waals surface area contributed by atoms with E-state index in [4.69, 9.17) is 4.74 Å². The van der Waals surface area contributed by atoms with Gasteiger partial charge in [-0.1, -0.05) is 12.1 Å². The van der Waals surface area contributed by atoms with Crippen LogP contribution in [0, 0.1) is 13.8 Å². The van der Waals surface area contributed by atoms with Gasteiger partial charge >= 0.3 is 5.97 Å². The minimum atomic E-state index is -1.04. The van der Waals surface area contributed by atoms with Crippen LogP contribution in [-0.4, -0.2) is 24.1 Å². The Morgan fingerprint density at radius 1 is 1.30 bits per heavy atom. The van der Waals surface area contributed by atoms with Gasteiger partial charge in [-0.25, -0.2) is 4.79 Å². The summed E-state index contributed by atoms with van der Waals surface area (Å²) in [6.07, 6.45) is 3.01. The molecule has 0 aliphatic carbocycles. The highest BCUT2D eigenvalue weighted by atomic mass is 32.1. The van der Waals surface area contributed by atoms with Gasteiger partial charge in [-0.05, 0) is 43.2 Å². The van der Waals surface area contributed by atoms with Crippen molar-refractivity contribution in [3.05, 3.63) is 51.9 Å². The zero-order valence-corrected chi connectivity index (χ0v) is 13.9. The fourth-order valence-corrected chi connectivity index (χ4v) is 3.10. The van der Waals surface area contributed by atoms with Crippen molar-refractivity contribution < 1.29 is 19.4 Å². The molecule has 2 aromatic rings. The molecule has 0 fully saturated rings. The van der Waals surface area contributed by atoms with Crippen molar-refractivity contribution in [2.45, 2.75) is 13.8 Å². The van der Waals surface area contributed by atoms with E-state index in [9.17, 15) is 14.7 Å². The maximum absolute atomic E-state index is 12.0. The van der Waals surface area contributed by atoms with E-state index < -0.39 is 5.97 Å². The van der Waals surface area contributed by atoms with Gasteiger partial charge in [-0.15, -0.1) is 11.3 Å². The number of rotatable bonds is 5. The van der Waals surface area contributed by atoms with E-state index in [1.54, 1.807) is 26.2 Å². The number of carbonyl (C=O) groups is 2. The van der Waals surface area contributed by atoms with Crippen molar-refractivity contribution >= 4 is 34.3 Å². The summed E-state index contributed by atoms with van der Waals surface area (Å²) >= 11 is 1.26. The lowest BCUT2D eigenvalue weighted by molar-refractivity contribution is -0.111. The molecule has 0 unspecified atom stereocenters. The highest BCUT2D eigenvalue weighted by molar-refractivity contribution is 7.16. The van der Waals surface area contributed by atoms with Gasteiger partial charge in [0.2, 0.25) is 5.91 Å². The lowest BCUT2D eigenvalue weighted by Gasteiger charge is -2.02. The van der Waals surface area contributed by atoms with Crippen molar-refractivity contribution in [1.29, 1.82) is 0 Å². The second kappa shape index (κ2) is 7.11. The summed E-state index contributed by atoms with van der Waals surface area (Å²) in [5, 5.41) is 12.2. The number of nitrogens with one attached hydrogen (secondary N) is 1. The van der Waals surface area contributed by atoms with Gasteiger partial charge < -0.3 is 15.2 Å². The van der Waals surface area contributed by atoms with Gasteiger partial charge in [0.1, 0.15) is 10.8 Å². The van der Waals surface area contributed by atoms with Crippen LogP contribution in [0.3, 0.4) is 0 Å². The van der Waals surface area contributed by atoms with E-state index in [0.29, 0.717) is 16.3 Å². The van der Waals surface area contributed by atoms with E-state index in [2.05, 4.69) is 5.32 Å². The fraction of sp³-hybridized carbons (Fsp3) is 0.176. The first-order valence-electron chi connectivity index (χ1n) is 6.88. The third-order valence-electron chi connectivity index (χ3n) is 3.36. The third kappa shape index (κ3) is 3.98. The molecule has 0 saturated heterocycles. The normalized spacial score (nSPS) is 10.7. The predicted octanol–water partition coefficient (Wildman–Crippen LogP) is 3.72. The van der Waals surface area contributed by atoms with Crippen LogP contribution in [0.25, 0.3) is 6.08 Å². The topological polar surface area (TPSA) is 75.6 Å². The molecule has 5 nitrogen and oxygen atoms in total. The Hall–Kier alpha value is -2.60. The standard InChI is InChI=1S/C17H17NO4S/c1-10-11(2)23-16(15(10)17(20)21)18-14(19)8-7-12-5-4-6-13(9-12)22-3/h4-9H,1-3H3,(H,18,19)(H,20,21)/b8-7+. The first kappa shape index (κ1) is 16.8. The van der Waals surface area contributed by atoms with Crippen LogP contribution < -0.4 is 10.1 Å². The molecule has 2 rings (SSSR count). The maximum atomic E-state index is 12.0. The van der Waals surface area contributed by atoms with Crippen LogP contribution in [0.5, 0.6) is 5.75 Å². The van der Waals surface area contributed by atoms with Crippen molar-refractivity contribution in [3.8, 4) is 5.75 Å². The first-order valence-corrected chi connectivity index (χ1v) is 7.70. The Labute approximate surface area is 138 Å². The van der Waals surface area contributed by atoms with Gasteiger partial charge in [0.15, 0.2) is 0 Å². The van der Waals surface area contributed by atoms with Gasteiger partial charge in [-0.2, -0.15) is 0 Å². The van der Waals surface area contributed by atoms with Crippen molar-refractivity contribution in [3.63, 3.8) is 0 Å². The maximum Gasteiger partial charge on any atom is 0.338 e. The monoisotopic (exact) mass is 331 g/mol. The number of benzene rings is 1. The number of carboxylic acids is 1. The third-order valence-corrected chi connectivity index (χ3v) is 4.48. The summed E-state index contributed by atoms with van der Waals surface area (Å²) in [6.45, 7) is 3.56. The lowest BCUT2D eigenvalue weighted by atomic mass is 10.1. The molecule has 6 heteroatoms. The Balaban J connectivity index is 2.15. The number of carboxylic acid groups (broad SMARTS) is 1. The van der Waals surface area contributed by atoms with Crippen molar-refractivity contribution in [1.82, 2.24) is 0 Å². The zero-order chi connectivity index (χ0) is 17.0.